The van der Waals surface area contributed by atoms with Gasteiger partial charge in [0, 0.05) is 12.1 Å². The normalized spacial score (nSPS) is 13.8. The molecule has 12 heteroatoms. The van der Waals surface area contributed by atoms with Crippen molar-refractivity contribution in [2.75, 3.05) is 26.6 Å². The minimum absolute atomic E-state index is 0.0227. The maximum atomic E-state index is 13.2. The number of carbonyl (C=O) groups is 2. The van der Waals surface area contributed by atoms with Crippen LogP contribution >= 0.6 is 23.2 Å². The van der Waals surface area contributed by atoms with Crippen molar-refractivity contribution in [1.82, 2.24) is 4.31 Å². The molecule has 0 aliphatic carbocycles. The second kappa shape index (κ2) is 12.0. The minimum Gasteiger partial charge on any atom is -0.493 e. The number of amides is 1. The van der Waals surface area contributed by atoms with E-state index in [9.17, 15) is 18.0 Å². The second-order valence-corrected chi connectivity index (χ2v) is 10.6. The van der Waals surface area contributed by atoms with E-state index in [4.69, 9.17) is 42.1 Å². The number of sulfonamides is 1. The summed E-state index contributed by atoms with van der Waals surface area (Å²) in [5, 5.41) is 0.0455. The molecule has 3 aromatic carbocycles. The molecule has 0 saturated heterocycles. The fourth-order valence-corrected chi connectivity index (χ4v) is 5.68. The molecule has 9 nitrogen and oxygen atoms in total. The fraction of sp³-hybridized carbons (Fsp3) is 0.231. The van der Waals surface area contributed by atoms with Crippen LogP contribution in [0.4, 0.5) is 0 Å². The standard InChI is InChI=1S/C26H23Cl2NO8S/c1-2-35-21-13-18(36-12-11-34-15-17-7-4-3-5-8-17)14-22-24(21)25(30)29(38(22,32)33)16-37-26(31)23-19(27)9-6-10-20(23)28/h3-10,13-14H,2,11-12,15-16H2,1H3. The number of nitrogens with zero attached hydrogens (tertiary/aromatic N) is 1. The van der Waals surface area contributed by atoms with Crippen LogP contribution in [0.1, 0.15) is 33.2 Å². The van der Waals surface area contributed by atoms with Crippen molar-refractivity contribution >= 4 is 45.1 Å². The molecule has 200 valence electrons. The molecule has 0 aromatic heterocycles. The van der Waals surface area contributed by atoms with Gasteiger partial charge in [-0.25, -0.2) is 13.2 Å². The molecule has 38 heavy (non-hydrogen) atoms. The number of benzene rings is 3. The van der Waals surface area contributed by atoms with E-state index >= 15 is 0 Å². The van der Waals surface area contributed by atoms with Crippen LogP contribution in [0.3, 0.4) is 0 Å². The van der Waals surface area contributed by atoms with Crippen molar-refractivity contribution < 1.29 is 37.0 Å². The van der Waals surface area contributed by atoms with Gasteiger partial charge in [-0.05, 0) is 24.6 Å². The van der Waals surface area contributed by atoms with Gasteiger partial charge in [-0.3, -0.25) is 4.79 Å². The van der Waals surface area contributed by atoms with E-state index in [1.807, 2.05) is 30.3 Å². The molecule has 3 aromatic rings. The molecule has 0 unspecified atom stereocenters. The highest BCUT2D eigenvalue weighted by Crippen LogP contribution is 2.40. The Morgan fingerprint density at radius 3 is 2.34 bits per heavy atom. The third-order valence-electron chi connectivity index (χ3n) is 5.44. The van der Waals surface area contributed by atoms with Gasteiger partial charge in [0.2, 0.25) is 0 Å². The number of hydrogen-bond donors (Lipinski definition) is 0. The van der Waals surface area contributed by atoms with Gasteiger partial charge in [-0.2, -0.15) is 4.31 Å². The van der Waals surface area contributed by atoms with E-state index in [1.54, 1.807) is 6.92 Å². The number of fused-ring (bicyclic) bond motifs is 1. The van der Waals surface area contributed by atoms with Crippen LogP contribution in [0.5, 0.6) is 11.5 Å². The van der Waals surface area contributed by atoms with Crippen LogP contribution in [-0.4, -0.2) is 51.2 Å². The van der Waals surface area contributed by atoms with Crippen molar-refractivity contribution in [2.45, 2.75) is 18.4 Å². The van der Waals surface area contributed by atoms with Gasteiger partial charge in [-0.15, -0.1) is 0 Å². The van der Waals surface area contributed by atoms with E-state index in [0.29, 0.717) is 10.9 Å². The highest BCUT2D eigenvalue weighted by Gasteiger charge is 2.45. The third kappa shape index (κ3) is 5.88. The Morgan fingerprint density at radius 2 is 1.66 bits per heavy atom. The van der Waals surface area contributed by atoms with Crippen molar-refractivity contribution in [3.63, 3.8) is 0 Å². The van der Waals surface area contributed by atoms with Crippen LogP contribution in [0.15, 0.2) is 65.6 Å². The SMILES string of the molecule is CCOc1cc(OCCOCc2ccccc2)cc2c1C(=O)N(COC(=O)c1c(Cl)cccc1Cl)S2(=O)=O. The summed E-state index contributed by atoms with van der Waals surface area (Å²) in [6, 6.07) is 16.7. The lowest BCUT2D eigenvalue weighted by molar-refractivity contribution is 0.0358. The van der Waals surface area contributed by atoms with Crippen LogP contribution in [-0.2, 0) is 26.1 Å². The van der Waals surface area contributed by atoms with Crippen LogP contribution < -0.4 is 9.47 Å². The molecule has 1 amide bonds. The van der Waals surface area contributed by atoms with E-state index in [0.717, 1.165) is 5.56 Å². The molecule has 4 rings (SSSR count). The Labute approximate surface area is 229 Å². The Bertz CT molecular complexity index is 1430. The molecular weight excluding hydrogens is 557 g/mol. The Balaban J connectivity index is 1.47. The third-order valence-corrected chi connectivity index (χ3v) is 7.79. The molecule has 0 spiro atoms. The second-order valence-electron chi connectivity index (χ2n) is 7.93. The number of halogens is 2. The highest BCUT2D eigenvalue weighted by atomic mass is 35.5. The van der Waals surface area contributed by atoms with Gasteiger partial charge in [0.05, 0.1) is 35.4 Å². The zero-order valence-corrected chi connectivity index (χ0v) is 22.5. The van der Waals surface area contributed by atoms with Gasteiger partial charge < -0.3 is 18.9 Å². The van der Waals surface area contributed by atoms with Gasteiger partial charge in [0.15, 0.2) is 6.73 Å². The van der Waals surface area contributed by atoms with Gasteiger partial charge in [-0.1, -0.05) is 59.6 Å². The average molecular weight is 580 g/mol. The van der Waals surface area contributed by atoms with Gasteiger partial charge in [0.25, 0.3) is 15.9 Å². The number of esters is 1. The number of rotatable bonds is 11. The first-order valence-electron chi connectivity index (χ1n) is 11.5. The molecule has 0 atom stereocenters. The molecule has 0 radical (unpaired) electrons. The fourth-order valence-electron chi connectivity index (χ4n) is 3.68. The van der Waals surface area contributed by atoms with Gasteiger partial charge in [0.1, 0.15) is 28.6 Å². The predicted octanol–water partition coefficient (Wildman–Crippen LogP) is 4.95. The average Bonchev–Trinajstić information content (AvgIpc) is 3.08. The quantitative estimate of drug-likeness (QED) is 0.232. The summed E-state index contributed by atoms with van der Waals surface area (Å²) in [4.78, 5) is 25.3. The molecule has 1 aliphatic heterocycles. The first-order valence-corrected chi connectivity index (χ1v) is 13.7. The first kappa shape index (κ1) is 27.7. The Kier molecular flexibility index (Phi) is 8.78. The summed E-state index contributed by atoms with van der Waals surface area (Å²) in [5.74, 6) is -1.68. The lowest BCUT2D eigenvalue weighted by atomic mass is 10.1. The lowest BCUT2D eigenvalue weighted by Gasteiger charge is -2.15. The van der Waals surface area contributed by atoms with E-state index in [-0.39, 0.29) is 57.4 Å². The summed E-state index contributed by atoms with van der Waals surface area (Å²) < 4.78 is 48.9. The molecule has 1 aliphatic rings. The zero-order valence-electron chi connectivity index (χ0n) is 20.2. The van der Waals surface area contributed by atoms with Crippen LogP contribution in [0.2, 0.25) is 10.0 Å². The van der Waals surface area contributed by atoms with Crippen molar-refractivity contribution in [1.29, 1.82) is 0 Å². The Hall–Kier alpha value is -3.31. The maximum absolute atomic E-state index is 13.2. The minimum atomic E-state index is -4.38. The Morgan fingerprint density at radius 1 is 0.947 bits per heavy atom. The number of hydrogen-bond acceptors (Lipinski definition) is 8. The molecule has 0 fully saturated rings. The molecule has 0 N–H and O–H groups in total. The highest BCUT2D eigenvalue weighted by molar-refractivity contribution is 7.90. The maximum Gasteiger partial charge on any atom is 0.342 e. The largest absolute Gasteiger partial charge is 0.493 e. The topological polar surface area (TPSA) is 108 Å². The molecule has 1 heterocycles. The summed E-state index contributed by atoms with van der Waals surface area (Å²) in [6.07, 6.45) is 0. The van der Waals surface area contributed by atoms with Crippen molar-refractivity contribution in [3.05, 3.63) is 87.4 Å². The monoisotopic (exact) mass is 579 g/mol. The van der Waals surface area contributed by atoms with Crippen LogP contribution in [0.25, 0.3) is 0 Å². The summed E-state index contributed by atoms with van der Waals surface area (Å²) in [7, 11) is -4.38. The van der Waals surface area contributed by atoms with E-state index in [1.165, 1.54) is 30.3 Å². The van der Waals surface area contributed by atoms with Gasteiger partial charge >= 0.3 is 5.97 Å². The summed E-state index contributed by atoms with van der Waals surface area (Å²) >= 11 is 12.0. The lowest BCUT2D eigenvalue weighted by Crippen LogP contribution is -2.33. The number of carbonyl (C=O) groups excluding carboxylic acids is 2. The number of ether oxygens (including phenoxy) is 4. The molecular formula is C26H23Cl2NO8S. The predicted molar refractivity (Wildman–Crippen MR) is 139 cm³/mol. The molecule has 0 saturated carbocycles. The van der Waals surface area contributed by atoms with Crippen molar-refractivity contribution in [3.8, 4) is 11.5 Å². The molecule has 0 bridgehead atoms. The van der Waals surface area contributed by atoms with E-state index < -0.39 is 28.6 Å². The van der Waals surface area contributed by atoms with E-state index in [2.05, 4.69) is 0 Å². The van der Waals surface area contributed by atoms with Crippen molar-refractivity contribution in [2.24, 2.45) is 0 Å². The zero-order chi connectivity index (χ0) is 27.3. The smallest absolute Gasteiger partial charge is 0.342 e. The van der Waals surface area contributed by atoms with Crippen LogP contribution in [0, 0.1) is 0 Å². The summed E-state index contributed by atoms with van der Waals surface area (Å²) in [6.45, 7) is 1.75. The first-order chi connectivity index (χ1) is 18.2. The summed E-state index contributed by atoms with van der Waals surface area (Å²) in [5.41, 5.74) is 0.690.